The Balaban J connectivity index is 2.06. The van der Waals surface area contributed by atoms with Crippen molar-refractivity contribution in [3.05, 3.63) is 75.0 Å². The molecule has 2 aromatic heterocycles. The Morgan fingerprint density at radius 3 is 2.19 bits per heavy atom. The number of esters is 2. The number of nitro groups is 1. The largest absolute Gasteiger partial charge is 0.462 e. The molecule has 0 aliphatic rings. The van der Waals surface area contributed by atoms with E-state index in [4.69, 9.17) is 13.9 Å². The Morgan fingerprint density at radius 2 is 1.59 bits per heavy atom. The number of furan rings is 1. The van der Waals surface area contributed by atoms with Crippen molar-refractivity contribution >= 4 is 17.6 Å². The standard InChI is InChI=1S/C23H24N2O7/c1-5-30-22(26)19-12-11-18(32-19)13-24-14(3)20(21(15(24)4)23(27)31-6-2)16-7-9-17(10-8-16)25(28)29/h7-12H,5-6,13H2,1-4H3. The summed E-state index contributed by atoms with van der Waals surface area (Å²) in [6.07, 6.45) is 0. The molecule has 0 atom stereocenters. The van der Waals surface area contributed by atoms with Crippen LogP contribution >= 0.6 is 0 Å². The van der Waals surface area contributed by atoms with Gasteiger partial charge >= 0.3 is 11.9 Å². The molecule has 0 unspecified atom stereocenters. The van der Waals surface area contributed by atoms with Crippen LogP contribution in [0.3, 0.4) is 0 Å². The molecule has 9 nitrogen and oxygen atoms in total. The molecular weight excluding hydrogens is 416 g/mol. The Morgan fingerprint density at radius 1 is 0.969 bits per heavy atom. The highest BCUT2D eigenvalue weighted by molar-refractivity contribution is 6.00. The first-order valence-corrected chi connectivity index (χ1v) is 10.2. The minimum Gasteiger partial charge on any atom is -0.462 e. The fourth-order valence-corrected chi connectivity index (χ4v) is 3.61. The summed E-state index contributed by atoms with van der Waals surface area (Å²) in [4.78, 5) is 35.2. The summed E-state index contributed by atoms with van der Waals surface area (Å²) in [6.45, 7) is 7.81. The lowest BCUT2D eigenvalue weighted by atomic mass is 10.0. The second-order valence-corrected chi connectivity index (χ2v) is 7.02. The van der Waals surface area contributed by atoms with Crippen LogP contribution in [0.1, 0.15) is 51.9 Å². The molecule has 168 valence electrons. The molecule has 0 radical (unpaired) electrons. The molecule has 0 amide bonds. The molecule has 0 N–H and O–H groups in total. The maximum absolute atomic E-state index is 12.8. The average molecular weight is 440 g/mol. The highest BCUT2D eigenvalue weighted by atomic mass is 16.6. The molecule has 0 saturated carbocycles. The zero-order valence-electron chi connectivity index (χ0n) is 18.3. The minimum absolute atomic E-state index is 0.0395. The molecule has 0 fully saturated rings. The number of hydrogen-bond donors (Lipinski definition) is 0. The summed E-state index contributed by atoms with van der Waals surface area (Å²) in [5, 5.41) is 11.0. The van der Waals surface area contributed by atoms with Gasteiger partial charge in [0.2, 0.25) is 5.76 Å². The second kappa shape index (κ2) is 9.51. The van der Waals surface area contributed by atoms with Crippen LogP contribution in [0.5, 0.6) is 0 Å². The van der Waals surface area contributed by atoms with E-state index in [-0.39, 0.29) is 31.2 Å². The monoisotopic (exact) mass is 440 g/mol. The summed E-state index contributed by atoms with van der Waals surface area (Å²) in [5.41, 5.74) is 3.05. The maximum atomic E-state index is 12.8. The van der Waals surface area contributed by atoms with Gasteiger partial charge in [0.25, 0.3) is 5.69 Å². The van der Waals surface area contributed by atoms with Crippen LogP contribution in [-0.4, -0.2) is 34.6 Å². The van der Waals surface area contributed by atoms with Crippen molar-refractivity contribution in [2.45, 2.75) is 34.2 Å². The molecule has 0 aliphatic carbocycles. The summed E-state index contributed by atoms with van der Waals surface area (Å²) in [5.74, 6) is -0.407. The molecular formula is C23H24N2O7. The van der Waals surface area contributed by atoms with Crippen molar-refractivity contribution in [2.24, 2.45) is 0 Å². The van der Waals surface area contributed by atoms with Gasteiger partial charge in [-0.1, -0.05) is 0 Å². The van der Waals surface area contributed by atoms with Gasteiger partial charge in [0.15, 0.2) is 0 Å². The molecule has 2 heterocycles. The van der Waals surface area contributed by atoms with Gasteiger partial charge in [-0.15, -0.1) is 0 Å². The number of carbonyl (C=O) groups excluding carboxylic acids is 2. The van der Waals surface area contributed by atoms with E-state index in [9.17, 15) is 19.7 Å². The predicted octanol–water partition coefficient (Wildman–Crippen LogP) is 4.67. The van der Waals surface area contributed by atoms with Gasteiger partial charge < -0.3 is 18.5 Å². The van der Waals surface area contributed by atoms with E-state index in [0.717, 1.165) is 5.69 Å². The van der Waals surface area contributed by atoms with Gasteiger partial charge in [-0.3, -0.25) is 10.1 Å². The first kappa shape index (κ1) is 22.8. The molecule has 0 aliphatic heterocycles. The highest BCUT2D eigenvalue weighted by Gasteiger charge is 2.26. The quantitative estimate of drug-likeness (QED) is 0.284. The van der Waals surface area contributed by atoms with Crippen molar-refractivity contribution in [1.29, 1.82) is 0 Å². The Hall–Kier alpha value is -3.88. The van der Waals surface area contributed by atoms with Crippen LogP contribution in [0.15, 0.2) is 40.8 Å². The number of carbonyl (C=O) groups is 2. The lowest BCUT2D eigenvalue weighted by Crippen LogP contribution is -2.08. The van der Waals surface area contributed by atoms with Crippen LogP contribution in [-0.2, 0) is 16.0 Å². The topological polar surface area (TPSA) is 114 Å². The van der Waals surface area contributed by atoms with Crippen molar-refractivity contribution in [2.75, 3.05) is 13.2 Å². The van der Waals surface area contributed by atoms with E-state index in [1.165, 1.54) is 12.1 Å². The average Bonchev–Trinajstić information content (AvgIpc) is 3.33. The van der Waals surface area contributed by atoms with Gasteiger partial charge in [-0.2, -0.15) is 0 Å². The Labute approximate surface area is 184 Å². The van der Waals surface area contributed by atoms with E-state index in [2.05, 4.69) is 0 Å². The molecule has 32 heavy (non-hydrogen) atoms. The molecule has 0 saturated heterocycles. The van der Waals surface area contributed by atoms with Gasteiger partial charge in [-0.25, -0.2) is 9.59 Å². The SMILES string of the molecule is CCOC(=O)c1ccc(Cn2c(C)c(C(=O)OCC)c(-c3ccc([N+](=O)[O-])cc3)c2C)o1. The Kier molecular flexibility index (Phi) is 6.77. The number of non-ortho nitro benzene ring substituents is 1. The van der Waals surface area contributed by atoms with Gasteiger partial charge in [0, 0.05) is 29.1 Å². The van der Waals surface area contributed by atoms with Gasteiger partial charge in [0.1, 0.15) is 5.76 Å². The number of benzene rings is 1. The fraction of sp³-hybridized carbons (Fsp3) is 0.304. The molecule has 3 aromatic rings. The van der Waals surface area contributed by atoms with Crippen LogP contribution in [0.2, 0.25) is 0 Å². The zero-order valence-corrected chi connectivity index (χ0v) is 18.3. The summed E-state index contributed by atoms with van der Waals surface area (Å²) in [6, 6.07) is 9.24. The van der Waals surface area contributed by atoms with Crippen molar-refractivity contribution in [3.8, 4) is 11.1 Å². The third-order valence-corrected chi connectivity index (χ3v) is 5.08. The summed E-state index contributed by atoms with van der Waals surface area (Å²) in [7, 11) is 0. The number of hydrogen-bond acceptors (Lipinski definition) is 7. The lowest BCUT2D eigenvalue weighted by Gasteiger charge is -2.08. The third-order valence-electron chi connectivity index (χ3n) is 5.08. The molecule has 1 aromatic carbocycles. The number of aromatic nitrogens is 1. The predicted molar refractivity (Wildman–Crippen MR) is 116 cm³/mol. The van der Waals surface area contributed by atoms with E-state index in [1.54, 1.807) is 45.0 Å². The van der Waals surface area contributed by atoms with Gasteiger partial charge in [-0.05, 0) is 57.5 Å². The van der Waals surface area contributed by atoms with Gasteiger partial charge in [0.05, 0.1) is 30.2 Å². The number of ether oxygens (including phenoxy) is 2. The second-order valence-electron chi connectivity index (χ2n) is 7.02. The first-order valence-electron chi connectivity index (χ1n) is 10.2. The number of nitrogens with zero attached hydrogens (tertiary/aromatic N) is 2. The van der Waals surface area contributed by atoms with Crippen molar-refractivity contribution in [1.82, 2.24) is 4.57 Å². The normalized spacial score (nSPS) is 10.8. The minimum atomic E-state index is -0.543. The summed E-state index contributed by atoms with van der Waals surface area (Å²) >= 11 is 0. The van der Waals surface area contributed by atoms with Crippen LogP contribution in [0, 0.1) is 24.0 Å². The van der Waals surface area contributed by atoms with Crippen LogP contribution < -0.4 is 0 Å². The molecule has 0 spiro atoms. The molecule has 3 rings (SSSR count). The summed E-state index contributed by atoms with van der Waals surface area (Å²) < 4.78 is 17.7. The third kappa shape index (κ3) is 4.41. The van der Waals surface area contributed by atoms with E-state index >= 15 is 0 Å². The van der Waals surface area contributed by atoms with Crippen molar-refractivity contribution in [3.63, 3.8) is 0 Å². The zero-order chi connectivity index (χ0) is 23.4. The van der Waals surface area contributed by atoms with E-state index in [1.807, 2.05) is 11.5 Å². The smallest absolute Gasteiger partial charge is 0.374 e. The number of rotatable bonds is 8. The molecule has 9 heteroatoms. The number of nitro benzene ring substituents is 1. The fourth-order valence-electron chi connectivity index (χ4n) is 3.61. The first-order chi connectivity index (χ1) is 15.3. The molecule has 0 bridgehead atoms. The van der Waals surface area contributed by atoms with Crippen LogP contribution in [0.4, 0.5) is 5.69 Å². The van der Waals surface area contributed by atoms with E-state index in [0.29, 0.717) is 28.1 Å². The Bertz CT molecular complexity index is 1160. The lowest BCUT2D eigenvalue weighted by molar-refractivity contribution is -0.384. The maximum Gasteiger partial charge on any atom is 0.374 e. The van der Waals surface area contributed by atoms with Crippen LogP contribution in [0.25, 0.3) is 11.1 Å². The highest BCUT2D eigenvalue weighted by Crippen LogP contribution is 2.34. The van der Waals surface area contributed by atoms with Crippen molar-refractivity contribution < 1.29 is 28.4 Å². The van der Waals surface area contributed by atoms with E-state index < -0.39 is 16.9 Å².